The van der Waals surface area contributed by atoms with E-state index in [-0.39, 0.29) is 5.97 Å². The first kappa shape index (κ1) is 13.5. The van der Waals surface area contributed by atoms with Crippen LogP contribution >= 0.6 is 0 Å². The predicted molar refractivity (Wildman–Crippen MR) is 64.1 cm³/mol. The number of hydrogen-bond donors (Lipinski definition) is 1. The third-order valence-electron chi connectivity index (χ3n) is 3.13. The fourth-order valence-corrected chi connectivity index (χ4v) is 1.81. The summed E-state index contributed by atoms with van der Waals surface area (Å²) in [5, 5.41) is 0. The molecule has 1 rings (SSSR count). The van der Waals surface area contributed by atoms with Gasteiger partial charge in [-0.1, -0.05) is 6.92 Å². The molecule has 0 spiro atoms. The monoisotopic (exact) mass is 228 g/mol. The zero-order chi connectivity index (χ0) is 12.2. The second-order valence-corrected chi connectivity index (χ2v) is 4.75. The van der Waals surface area contributed by atoms with Crippen molar-refractivity contribution >= 4 is 5.97 Å². The van der Waals surface area contributed by atoms with E-state index in [9.17, 15) is 4.79 Å². The van der Waals surface area contributed by atoms with Crippen LogP contribution in [0.3, 0.4) is 0 Å². The Balaban J connectivity index is 2.36. The standard InChI is InChI=1S/C12H24N2O2/c1-4-14(10-6-7-10)9-8-12(3,13)11(15)16-5-2/h10H,4-9,13H2,1-3H3. The zero-order valence-corrected chi connectivity index (χ0v) is 10.7. The Morgan fingerprint density at radius 3 is 2.56 bits per heavy atom. The fourth-order valence-electron chi connectivity index (χ4n) is 1.81. The van der Waals surface area contributed by atoms with E-state index in [2.05, 4.69) is 11.8 Å². The molecule has 4 heteroatoms. The van der Waals surface area contributed by atoms with E-state index in [0.29, 0.717) is 13.0 Å². The van der Waals surface area contributed by atoms with Gasteiger partial charge in [-0.25, -0.2) is 0 Å². The molecule has 1 saturated carbocycles. The van der Waals surface area contributed by atoms with E-state index in [1.807, 2.05) is 0 Å². The quantitative estimate of drug-likeness (QED) is 0.664. The van der Waals surface area contributed by atoms with Gasteiger partial charge in [-0.15, -0.1) is 0 Å². The van der Waals surface area contributed by atoms with Crippen LogP contribution in [0.2, 0.25) is 0 Å². The minimum absolute atomic E-state index is 0.290. The molecule has 16 heavy (non-hydrogen) atoms. The maximum atomic E-state index is 11.6. The molecule has 0 aromatic heterocycles. The third-order valence-corrected chi connectivity index (χ3v) is 3.13. The van der Waals surface area contributed by atoms with Gasteiger partial charge >= 0.3 is 5.97 Å². The van der Waals surface area contributed by atoms with E-state index in [0.717, 1.165) is 19.1 Å². The van der Waals surface area contributed by atoms with Crippen LogP contribution in [0.5, 0.6) is 0 Å². The van der Waals surface area contributed by atoms with Crippen LogP contribution in [0.15, 0.2) is 0 Å². The normalized spacial score (nSPS) is 19.6. The summed E-state index contributed by atoms with van der Waals surface area (Å²) in [6.07, 6.45) is 3.24. The molecule has 0 saturated heterocycles. The molecule has 1 atom stereocenters. The maximum Gasteiger partial charge on any atom is 0.325 e. The van der Waals surface area contributed by atoms with Crippen LogP contribution in [0, 0.1) is 0 Å². The van der Waals surface area contributed by atoms with Gasteiger partial charge in [-0.3, -0.25) is 4.79 Å². The van der Waals surface area contributed by atoms with Crippen LogP contribution in [-0.4, -0.2) is 42.1 Å². The first-order valence-electron chi connectivity index (χ1n) is 6.21. The average molecular weight is 228 g/mol. The van der Waals surface area contributed by atoms with E-state index < -0.39 is 5.54 Å². The van der Waals surface area contributed by atoms with Crippen LogP contribution in [0.25, 0.3) is 0 Å². The highest BCUT2D eigenvalue weighted by molar-refractivity contribution is 5.79. The lowest BCUT2D eigenvalue weighted by atomic mass is 9.99. The average Bonchev–Trinajstić information content (AvgIpc) is 3.03. The molecular formula is C12H24N2O2. The summed E-state index contributed by atoms with van der Waals surface area (Å²) in [6.45, 7) is 8.01. The van der Waals surface area contributed by atoms with Gasteiger partial charge in [0, 0.05) is 12.6 Å². The Morgan fingerprint density at radius 2 is 2.12 bits per heavy atom. The number of nitrogens with two attached hydrogens (primary N) is 1. The molecule has 0 radical (unpaired) electrons. The molecule has 1 unspecified atom stereocenters. The number of esters is 1. The fraction of sp³-hybridized carbons (Fsp3) is 0.917. The summed E-state index contributed by atoms with van der Waals surface area (Å²) >= 11 is 0. The van der Waals surface area contributed by atoms with Crippen LogP contribution in [0.1, 0.15) is 40.0 Å². The summed E-state index contributed by atoms with van der Waals surface area (Å²) in [5.74, 6) is -0.290. The third kappa shape index (κ3) is 3.76. The molecule has 1 aliphatic carbocycles. The first-order chi connectivity index (χ1) is 7.51. The van der Waals surface area contributed by atoms with Crippen molar-refractivity contribution in [1.82, 2.24) is 4.90 Å². The summed E-state index contributed by atoms with van der Waals surface area (Å²) in [5.41, 5.74) is 5.12. The topological polar surface area (TPSA) is 55.6 Å². The van der Waals surface area contributed by atoms with Crippen LogP contribution < -0.4 is 5.73 Å². The van der Waals surface area contributed by atoms with Crippen molar-refractivity contribution in [3.8, 4) is 0 Å². The molecule has 4 nitrogen and oxygen atoms in total. The number of rotatable bonds is 7. The van der Waals surface area contributed by atoms with Crippen LogP contribution in [0.4, 0.5) is 0 Å². The Kier molecular flexibility index (Phi) is 4.74. The highest BCUT2D eigenvalue weighted by atomic mass is 16.5. The van der Waals surface area contributed by atoms with E-state index in [1.165, 1.54) is 12.8 Å². The van der Waals surface area contributed by atoms with Crippen molar-refractivity contribution < 1.29 is 9.53 Å². The van der Waals surface area contributed by atoms with Gasteiger partial charge < -0.3 is 15.4 Å². The van der Waals surface area contributed by atoms with Crippen molar-refractivity contribution in [3.05, 3.63) is 0 Å². The van der Waals surface area contributed by atoms with Gasteiger partial charge in [0.05, 0.1) is 6.61 Å². The zero-order valence-electron chi connectivity index (χ0n) is 10.7. The highest BCUT2D eigenvalue weighted by Gasteiger charge is 2.33. The SMILES string of the molecule is CCOC(=O)C(C)(N)CCN(CC)C1CC1. The second kappa shape index (κ2) is 5.64. The van der Waals surface area contributed by atoms with Crippen molar-refractivity contribution in [2.24, 2.45) is 5.73 Å². The Bertz CT molecular complexity index is 237. The number of carbonyl (C=O) groups excluding carboxylic acids is 1. The maximum absolute atomic E-state index is 11.6. The highest BCUT2D eigenvalue weighted by Crippen LogP contribution is 2.27. The van der Waals surface area contributed by atoms with Gasteiger partial charge in [0.1, 0.15) is 5.54 Å². The molecule has 0 aromatic rings. The lowest BCUT2D eigenvalue weighted by molar-refractivity contribution is -0.149. The Labute approximate surface area is 98.1 Å². The van der Waals surface area contributed by atoms with Crippen molar-refractivity contribution in [2.75, 3.05) is 19.7 Å². The van der Waals surface area contributed by atoms with Gasteiger partial charge in [0.25, 0.3) is 0 Å². The molecular weight excluding hydrogens is 204 g/mol. The summed E-state index contributed by atoms with van der Waals surface area (Å²) in [4.78, 5) is 14.0. The molecule has 1 aliphatic rings. The van der Waals surface area contributed by atoms with E-state index in [1.54, 1.807) is 13.8 Å². The second-order valence-electron chi connectivity index (χ2n) is 4.75. The molecule has 2 N–H and O–H groups in total. The smallest absolute Gasteiger partial charge is 0.325 e. The molecule has 0 aromatic carbocycles. The largest absolute Gasteiger partial charge is 0.465 e. The minimum atomic E-state index is -0.849. The summed E-state index contributed by atoms with van der Waals surface area (Å²) < 4.78 is 4.97. The Hall–Kier alpha value is -0.610. The Morgan fingerprint density at radius 1 is 1.50 bits per heavy atom. The number of ether oxygens (including phenoxy) is 1. The van der Waals surface area contributed by atoms with Crippen LogP contribution in [-0.2, 0) is 9.53 Å². The van der Waals surface area contributed by atoms with Crippen molar-refractivity contribution in [3.63, 3.8) is 0 Å². The molecule has 0 heterocycles. The lowest BCUT2D eigenvalue weighted by Gasteiger charge is -2.27. The van der Waals surface area contributed by atoms with Crippen molar-refractivity contribution in [2.45, 2.75) is 51.6 Å². The van der Waals surface area contributed by atoms with Gasteiger partial charge in [0.15, 0.2) is 0 Å². The van der Waals surface area contributed by atoms with E-state index in [4.69, 9.17) is 10.5 Å². The summed E-state index contributed by atoms with van der Waals surface area (Å²) in [7, 11) is 0. The first-order valence-corrected chi connectivity index (χ1v) is 6.21. The van der Waals surface area contributed by atoms with Gasteiger partial charge in [0.2, 0.25) is 0 Å². The molecule has 0 aliphatic heterocycles. The van der Waals surface area contributed by atoms with Crippen molar-refractivity contribution in [1.29, 1.82) is 0 Å². The van der Waals surface area contributed by atoms with E-state index >= 15 is 0 Å². The van der Waals surface area contributed by atoms with Gasteiger partial charge in [-0.05, 0) is 39.7 Å². The minimum Gasteiger partial charge on any atom is -0.465 e. The number of nitrogens with zero attached hydrogens (tertiary/aromatic N) is 1. The molecule has 94 valence electrons. The predicted octanol–water partition coefficient (Wildman–Crippen LogP) is 1.14. The molecule has 0 bridgehead atoms. The number of carbonyl (C=O) groups is 1. The van der Waals surface area contributed by atoms with Gasteiger partial charge in [-0.2, -0.15) is 0 Å². The lowest BCUT2D eigenvalue weighted by Crippen LogP contribution is -2.48. The number of hydrogen-bond acceptors (Lipinski definition) is 4. The molecule has 1 fully saturated rings. The summed E-state index contributed by atoms with van der Waals surface area (Å²) in [6, 6.07) is 0.725. The molecule has 0 amide bonds.